The van der Waals surface area contributed by atoms with Crippen LogP contribution >= 0.6 is 0 Å². The highest BCUT2D eigenvalue weighted by molar-refractivity contribution is 6.41. The summed E-state index contributed by atoms with van der Waals surface area (Å²) in [5.74, 6) is -4.12. The third kappa shape index (κ3) is 7.07. The first-order valence-corrected chi connectivity index (χ1v) is 17.0. The van der Waals surface area contributed by atoms with Crippen LogP contribution in [0.2, 0.25) is 0 Å². The van der Waals surface area contributed by atoms with Gasteiger partial charge in [-0.3, -0.25) is 24.0 Å². The number of Topliss-reactive ketones (excluding diaryl/α,β-unsaturated/α-hetero) is 1. The Hall–Kier alpha value is -4.83. The zero-order valence-corrected chi connectivity index (χ0v) is 28.2. The first-order valence-electron chi connectivity index (χ1n) is 17.0. The highest BCUT2D eigenvalue weighted by Crippen LogP contribution is 2.34. The van der Waals surface area contributed by atoms with Crippen LogP contribution in [0.4, 0.5) is 0 Å². The Morgan fingerprint density at radius 2 is 1.82 bits per heavy atom. The SMILES string of the molecule is CC(C)(O)c1cnnn1[C@H]1C[C@@H](C(=O)NC2(C(=O)C(N)=O)CCOCC2)N(C(=O)C(CC2CCCCC2)=NC(=O)c2noc3ccccc23)C1. The number of primary amides is 1. The second-order valence-corrected chi connectivity index (χ2v) is 14.0. The Bertz CT molecular complexity index is 1810. The summed E-state index contributed by atoms with van der Waals surface area (Å²) in [6.07, 6.45) is 6.44. The molecule has 50 heavy (non-hydrogen) atoms. The predicted molar refractivity (Wildman–Crippen MR) is 177 cm³/mol. The second-order valence-electron chi connectivity index (χ2n) is 14.0. The fraction of sp³-hybridized carbons (Fsp3) is 0.559. The van der Waals surface area contributed by atoms with E-state index in [0.29, 0.717) is 16.7 Å². The van der Waals surface area contributed by atoms with Gasteiger partial charge in [-0.1, -0.05) is 54.6 Å². The molecule has 2 saturated heterocycles. The molecule has 0 radical (unpaired) electrons. The highest BCUT2D eigenvalue weighted by atomic mass is 16.5. The lowest BCUT2D eigenvalue weighted by atomic mass is 9.84. The van der Waals surface area contributed by atoms with Crippen LogP contribution in [0.25, 0.3) is 11.0 Å². The summed E-state index contributed by atoms with van der Waals surface area (Å²) in [5.41, 5.74) is 3.15. The van der Waals surface area contributed by atoms with Crippen LogP contribution < -0.4 is 11.1 Å². The van der Waals surface area contributed by atoms with Gasteiger partial charge in [0.05, 0.1) is 23.3 Å². The number of ketones is 1. The largest absolute Gasteiger partial charge is 0.384 e. The lowest BCUT2D eigenvalue weighted by Gasteiger charge is -2.37. The molecular weight excluding hydrogens is 648 g/mol. The third-order valence-electron chi connectivity index (χ3n) is 10.0. The number of carbonyl (C=O) groups is 5. The number of hydrogen-bond donors (Lipinski definition) is 3. The monoisotopic (exact) mass is 690 g/mol. The van der Waals surface area contributed by atoms with Crippen molar-refractivity contribution >= 4 is 46.1 Å². The van der Waals surface area contributed by atoms with Crippen molar-refractivity contribution < 1.29 is 38.3 Å². The highest BCUT2D eigenvalue weighted by Gasteiger charge is 2.49. The number of aromatic nitrogens is 4. The van der Waals surface area contributed by atoms with Crippen molar-refractivity contribution in [3.63, 3.8) is 0 Å². The molecule has 2 aromatic heterocycles. The first-order chi connectivity index (χ1) is 23.9. The summed E-state index contributed by atoms with van der Waals surface area (Å²) < 4.78 is 12.2. The Balaban J connectivity index is 1.37. The fourth-order valence-corrected chi connectivity index (χ4v) is 7.33. The smallest absolute Gasteiger partial charge is 0.300 e. The van der Waals surface area contributed by atoms with Crippen LogP contribution in [0, 0.1) is 5.92 Å². The average molecular weight is 691 g/mol. The van der Waals surface area contributed by atoms with E-state index in [-0.39, 0.29) is 62.8 Å². The van der Waals surface area contributed by atoms with E-state index in [9.17, 15) is 29.1 Å². The number of likely N-dealkylation sites (tertiary alicyclic amines) is 1. The molecule has 0 spiro atoms. The summed E-state index contributed by atoms with van der Waals surface area (Å²) in [7, 11) is 0. The molecule has 3 aliphatic rings. The minimum absolute atomic E-state index is 0.0189. The fourth-order valence-electron chi connectivity index (χ4n) is 7.33. The Kier molecular flexibility index (Phi) is 9.94. The van der Waals surface area contributed by atoms with Crippen LogP contribution in [-0.4, -0.2) is 96.6 Å². The summed E-state index contributed by atoms with van der Waals surface area (Å²) in [4.78, 5) is 73.5. The van der Waals surface area contributed by atoms with Gasteiger partial charge in [0, 0.05) is 39.0 Å². The molecule has 0 bridgehead atoms. The van der Waals surface area contributed by atoms with Gasteiger partial charge < -0.3 is 30.3 Å². The van der Waals surface area contributed by atoms with Crippen molar-refractivity contribution in [2.75, 3.05) is 19.8 Å². The quantitative estimate of drug-likeness (QED) is 0.205. The van der Waals surface area contributed by atoms with E-state index in [2.05, 4.69) is 25.8 Å². The van der Waals surface area contributed by atoms with Crippen molar-refractivity contribution in [3.8, 4) is 0 Å². The molecule has 266 valence electrons. The van der Waals surface area contributed by atoms with E-state index in [4.69, 9.17) is 15.0 Å². The number of rotatable bonds is 10. The van der Waals surface area contributed by atoms with Crippen molar-refractivity contribution in [2.24, 2.45) is 16.6 Å². The molecule has 16 nitrogen and oxygen atoms in total. The second kappa shape index (κ2) is 14.2. The number of aliphatic imine (C=N–C) groups is 1. The Morgan fingerprint density at radius 1 is 1.10 bits per heavy atom. The lowest BCUT2D eigenvalue weighted by Crippen LogP contribution is -2.63. The van der Waals surface area contributed by atoms with Crippen molar-refractivity contribution in [3.05, 3.63) is 41.9 Å². The number of nitrogens with two attached hydrogens (primary N) is 1. The summed E-state index contributed by atoms with van der Waals surface area (Å²) in [6, 6.07) is 5.04. The zero-order valence-electron chi connectivity index (χ0n) is 28.2. The summed E-state index contributed by atoms with van der Waals surface area (Å²) in [6.45, 7) is 3.32. The number of hydrogen-bond acceptors (Lipinski definition) is 11. The van der Waals surface area contributed by atoms with Gasteiger partial charge in [0.2, 0.25) is 11.7 Å². The van der Waals surface area contributed by atoms with E-state index in [1.165, 1.54) is 15.8 Å². The van der Waals surface area contributed by atoms with Crippen LogP contribution in [0.5, 0.6) is 0 Å². The molecule has 3 aromatic rings. The molecule has 4 heterocycles. The summed E-state index contributed by atoms with van der Waals surface area (Å²) in [5, 5.41) is 26.2. The molecule has 3 fully saturated rings. The van der Waals surface area contributed by atoms with Gasteiger partial charge in [-0.15, -0.1) is 5.10 Å². The Labute approximate surface area is 287 Å². The molecule has 1 saturated carbocycles. The summed E-state index contributed by atoms with van der Waals surface area (Å²) >= 11 is 0. The number of aliphatic hydroxyl groups is 1. The van der Waals surface area contributed by atoms with Crippen molar-refractivity contribution in [1.82, 2.24) is 30.4 Å². The molecule has 2 aliphatic heterocycles. The molecule has 6 rings (SSSR count). The van der Waals surface area contributed by atoms with Gasteiger partial charge in [0.15, 0.2) is 11.3 Å². The molecule has 4 amide bonds. The van der Waals surface area contributed by atoms with Gasteiger partial charge in [-0.25, -0.2) is 9.67 Å². The zero-order chi connectivity index (χ0) is 35.6. The van der Waals surface area contributed by atoms with Crippen molar-refractivity contribution in [2.45, 2.75) is 94.9 Å². The standard InChI is InChI=1S/C34H42N8O8/c1-33(2,48)26-18-36-40-42(26)21-17-24(30(45)38-34(28(43)29(35)44)12-14-49-15-13-34)41(19-21)32(47)23(16-20-8-4-3-5-9-20)37-31(46)27-22-10-6-7-11-25(22)50-39-27/h6-7,10-11,18,20-21,24,48H,3-5,8-9,12-17,19H2,1-2H3,(H2,35,44)(H,38,45)/t21-,24-/m0/s1. The van der Waals surface area contributed by atoms with E-state index in [0.717, 1.165) is 32.1 Å². The van der Waals surface area contributed by atoms with E-state index in [1.807, 2.05) is 0 Å². The van der Waals surface area contributed by atoms with E-state index in [1.54, 1.807) is 38.1 Å². The van der Waals surface area contributed by atoms with Gasteiger partial charge >= 0.3 is 0 Å². The molecule has 4 N–H and O–H groups in total. The average Bonchev–Trinajstić information content (AvgIpc) is 3.87. The van der Waals surface area contributed by atoms with Gasteiger partial charge in [-0.05, 0) is 38.3 Å². The number of carbonyl (C=O) groups excluding carboxylic acids is 5. The van der Waals surface area contributed by atoms with Gasteiger partial charge in [0.25, 0.3) is 17.7 Å². The maximum Gasteiger partial charge on any atom is 0.300 e. The number of ether oxygens (including phenoxy) is 1. The lowest BCUT2D eigenvalue weighted by molar-refractivity contribution is -0.146. The number of nitrogens with zero attached hydrogens (tertiary/aromatic N) is 6. The van der Waals surface area contributed by atoms with Crippen LogP contribution in [0.15, 0.2) is 40.0 Å². The third-order valence-corrected chi connectivity index (χ3v) is 10.0. The number of benzene rings is 1. The predicted octanol–water partition coefficient (Wildman–Crippen LogP) is 1.76. The van der Waals surface area contributed by atoms with Crippen LogP contribution in [0.1, 0.15) is 93.9 Å². The van der Waals surface area contributed by atoms with Crippen LogP contribution in [-0.2, 0) is 29.5 Å². The number of nitrogens with one attached hydrogen (secondary N) is 1. The molecular formula is C34H42N8O8. The molecule has 1 aromatic carbocycles. The first kappa shape index (κ1) is 35.0. The maximum absolute atomic E-state index is 14.7. The minimum atomic E-state index is -1.61. The topological polar surface area (TPSA) is 225 Å². The van der Waals surface area contributed by atoms with E-state index < -0.39 is 52.6 Å². The maximum atomic E-state index is 14.7. The van der Waals surface area contributed by atoms with Crippen LogP contribution in [0.3, 0.4) is 0 Å². The molecule has 1 aliphatic carbocycles. The number of amides is 4. The van der Waals surface area contributed by atoms with E-state index >= 15 is 0 Å². The molecule has 0 unspecified atom stereocenters. The normalized spacial score (nSPS) is 21.7. The van der Waals surface area contributed by atoms with Gasteiger partial charge in [-0.2, -0.15) is 0 Å². The van der Waals surface area contributed by atoms with Gasteiger partial charge in [0.1, 0.15) is 22.9 Å². The number of para-hydroxylation sites is 1. The molecule has 16 heteroatoms. The molecule has 2 atom stereocenters. The minimum Gasteiger partial charge on any atom is -0.384 e. The number of fused-ring (bicyclic) bond motifs is 1. The van der Waals surface area contributed by atoms with Crippen molar-refractivity contribution in [1.29, 1.82) is 0 Å². The Morgan fingerprint density at radius 3 is 2.52 bits per heavy atom.